The summed E-state index contributed by atoms with van der Waals surface area (Å²) in [5, 5.41) is 7.55. The molecule has 252 valence electrons. The highest BCUT2D eigenvalue weighted by Crippen LogP contribution is 2.42. The molecule has 2 atom stereocenters. The fourth-order valence-electron chi connectivity index (χ4n) is 6.23. The van der Waals surface area contributed by atoms with Crippen molar-refractivity contribution in [2.24, 2.45) is 5.92 Å². The van der Waals surface area contributed by atoms with E-state index in [1.54, 1.807) is 33.7 Å². The summed E-state index contributed by atoms with van der Waals surface area (Å²) in [7, 11) is 4.90. The van der Waals surface area contributed by atoms with Gasteiger partial charge in [-0.1, -0.05) is 59.6 Å². The van der Waals surface area contributed by atoms with Gasteiger partial charge in [0.1, 0.15) is 11.4 Å². The zero-order valence-corrected chi connectivity index (χ0v) is 28.9. The normalized spacial score (nSPS) is 16.5. The number of nitrogens with one attached hydrogen (secondary N) is 2. The molecule has 0 bridgehead atoms. The second-order valence-electron chi connectivity index (χ2n) is 12.2. The van der Waals surface area contributed by atoms with Gasteiger partial charge in [-0.2, -0.15) is 0 Å². The first-order chi connectivity index (χ1) is 23.4. The molecule has 2 fully saturated rings. The maximum absolute atomic E-state index is 11.5. The molecule has 2 aromatic heterocycles. The van der Waals surface area contributed by atoms with Crippen LogP contribution in [0.25, 0.3) is 33.6 Å². The van der Waals surface area contributed by atoms with Crippen LogP contribution in [0.1, 0.15) is 49.9 Å². The van der Waals surface area contributed by atoms with Gasteiger partial charge >= 0.3 is 0 Å². The molecule has 12 heteroatoms. The number of aryl methyl sites for hydroxylation is 1. The summed E-state index contributed by atoms with van der Waals surface area (Å²) in [4.78, 5) is 30.5. The van der Waals surface area contributed by atoms with Crippen molar-refractivity contribution in [3.63, 3.8) is 0 Å². The molecule has 48 heavy (non-hydrogen) atoms. The number of ether oxygens (including phenoxy) is 3. The Balaban J connectivity index is 1.22. The first-order valence-corrected chi connectivity index (χ1v) is 17.0. The van der Waals surface area contributed by atoms with E-state index in [0.717, 1.165) is 41.8 Å². The Kier molecular flexibility index (Phi) is 11.1. The zero-order valence-electron chi connectivity index (χ0n) is 27.4. The molecule has 1 aliphatic carbocycles. The average molecular weight is 692 g/mol. The lowest BCUT2D eigenvalue weighted by Gasteiger charge is -2.18. The van der Waals surface area contributed by atoms with E-state index in [4.69, 9.17) is 52.4 Å². The minimum atomic E-state index is 0.126. The maximum atomic E-state index is 11.5. The predicted octanol–water partition coefficient (Wildman–Crippen LogP) is 6.71. The first-order valence-electron chi connectivity index (χ1n) is 16.3. The third kappa shape index (κ3) is 7.73. The van der Waals surface area contributed by atoms with Crippen molar-refractivity contribution in [2.45, 2.75) is 63.6 Å². The number of hydrogen-bond acceptors (Lipinski definition) is 9. The van der Waals surface area contributed by atoms with Crippen LogP contribution in [0.3, 0.4) is 0 Å². The molecule has 1 unspecified atom stereocenters. The van der Waals surface area contributed by atoms with Gasteiger partial charge in [0.15, 0.2) is 0 Å². The van der Waals surface area contributed by atoms with Crippen molar-refractivity contribution in [3.8, 4) is 45.4 Å². The minimum Gasteiger partial charge on any atom is -0.480 e. The molecule has 3 heterocycles. The van der Waals surface area contributed by atoms with Crippen LogP contribution in [0, 0.1) is 5.92 Å². The molecular formula is C36H40Cl2N6O4. The Bertz CT molecular complexity index is 1770. The summed E-state index contributed by atoms with van der Waals surface area (Å²) in [6.45, 7) is 1.17. The summed E-state index contributed by atoms with van der Waals surface area (Å²) in [6.07, 6.45) is 9.79. The van der Waals surface area contributed by atoms with E-state index in [1.165, 1.54) is 12.8 Å². The second kappa shape index (κ2) is 15.6. The number of carbonyl (C=O) groups excluding carboxylic acids is 1. The zero-order chi connectivity index (χ0) is 33.6. The van der Waals surface area contributed by atoms with Gasteiger partial charge in [-0.05, 0) is 44.4 Å². The van der Waals surface area contributed by atoms with Gasteiger partial charge in [0.25, 0.3) is 0 Å². The van der Waals surface area contributed by atoms with E-state index in [0.29, 0.717) is 76.2 Å². The SMILES string of the molecule is COCC(NCc1ncc(-c2cccc(-c3cccc(-c4cnc(CCC[C@@H]5CCC(=O)N5)c(OC)n4)c3Cl)c2Cl)nc1OC)C1CC1. The van der Waals surface area contributed by atoms with E-state index in [2.05, 4.69) is 15.6 Å². The molecule has 4 aromatic rings. The summed E-state index contributed by atoms with van der Waals surface area (Å²) in [6, 6.07) is 12.0. The molecule has 2 aliphatic rings. The first kappa shape index (κ1) is 34.0. The third-order valence-electron chi connectivity index (χ3n) is 8.97. The van der Waals surface area contributed by atoms with E-state index in [9.17, 15) is 4.79 Å². The van der Waals surface area contributed by atoms with E-state index in [1.807, 2.05) is 36.4 Å². The number of nitrogens with zero attached hydrogens (tertiary/aromatic N) is 4. The monoisotopic (exact) mass is 690 g/mol. The van der Waals surface area contributed by atoms with Gasteiger partial charge in [-0.15, -0.1) is 0 Å². The van der Waals surface area contributed by atoms with Gasteiger partial charge in [0.05, 0.1) is 54.7 Å². The summed E-state index contributed by atoms with van der Waals surface area (Å²) in [5.41, 5.74) is 5.57. The summed E-state index contributed by atoms with van der Waals surface area (Å²) in [5.74, 6) is 1.65. The number of carbonyl (C=O) groups is 1. The Morgan fingerprint density at radius 3 is 1.98 bits per heavy atom. The van der Waals surface area contributed by atoms with Crippen molar-refractivity contribution >= 4 is 29.1 Å². The van der Waals surface area contributed by atoms with Crippen molar-refractivity contribution < 1.29 is 19.0 Å². The molecule has 10 nitrogen and oxygen atoms in total. The van der Waals surface area contributed by atoms with Crippen LogP contribution < -0.4 is 20.1 Å². The maximum Gasteiger partial charge on any atom is 0.237 e. The molecule has 1 aliphatic heterocycles. The van der Waals surface area contributed by atoms with Crippen LogP contribution in [0.2, 0.25) is 10.0 Å². The van der Waals surface area contributed by atoms with Crippen LogP contribution >= 0.6 is 23.2 Å². The summed E-state index contributed by atoms with van der Waals surface area (Å²) < 4.78 is 16.7. The molecule has 2 N–H and O–H groups in total. The number of halogens is 2. The molecule has 1 amide bonds. The molecule has 0 radical (unpaired) electrons. The fraction of sp³-hybridized carbons (Fsp3) is 0.417. The van der Waals surface area contributed by atoms with Gasteiger partial charge in [0.2, 0.25) is 17.7 Å². The van der Waals surface area contributed by atoms with Crippen molar-refractivity contribution in [2.75, 3.05) is 27.9 Å². The van der Waals surface area contributed by atoms with Gasteiger partial charge < -0.3 is 24.8 Å². The second-order valence-corrected chi connectivity index (χ2v) is 13.0. The standard InChI is InChI=1S/C36H40Cl2N6O4/c1-46-20-31(21-13-14-21)41-19-30-36(48-3)44-29(18-40-30)26-11-6-9-24(34(26)38)23-8-5-10-25(33(23)37)28-17-39-27(35(43-28)47-2)12-4-7-22-15-16-32(45)42-22/h5-6,8-11,17-18,21-22,31,41H,4,7,12-16,19-20H2,1-3H3,(H,42,45)/t22-,31?/m1/s1. The van der Waals surface area contributed by atoms with Crippen LogP contribution in [0.5, 0.6) is 11.8 Å². The van der Waals surface area contributed by atoms with E-state index >= 15 is 0 Å². The number of amides is 1. The lowest BCUT2D eigenvalue weighted by atomic mass is 9.98. The fourth-order valence-corrected chi connectivity index (χ4v) is 6.88. The van der Waals surface area contributed by atoms with Crippen LogP contribution in [-0.4, -0.2) is 65.9 Å². The number of hydrogen-bond donors (Lipinski definition) is 2. The number of aromatic nitrogens is 4. The topological polar surface area (TPSA) is 120 Å². The lowest BCUT2D eigenvalue weighted by Crippen LogP contribution is -2.35. The molecule has 2 aromatic carbocycles. The Morgan fingerprint density at radius 1 is 0.854 bits per heavy atom. The van der Waals surface area contributed by atoms with Crippen molar-refractivity contribution in [1.29, 1.82) is 0 Å². The molecule has 1 saturated heterocycles. The number of rotatable bonds is 15. The lowest BCUT2D eigenvalue weighted by molar-refractivity contribution is -0.119. The van der Waals surface area contributed by atoms with Crippen LogP contribution in [-0.2, 0) is 22.5 Å². The van der Waals surface area contributed by atoms with Gasteiger partial charge in [-0.3, -0.25) is 14.8 Å². The highest BCUT2D eigenvalue weighted by atomic mass is 35.5. The van der Waals surface area contributed by atoms with E-state index < -0.39 is 0 Å². The van der Waals surface area contributed by atoms with Gasteiger partial charge in [-0.25, -0.2) is 9.97 Å². The van der Waals surface area contributed by atoms with Crippen LogP contribution in [0.4, 0.5) is 0 Å². The Hall–Kier alpha value is -3.83. The highest BCUT2D eigenvalue weighted by molar-refractivity contribution is 6.39. The molecule has 1 saturated carbocycles. The third-order valence-corrected chi connectivity index (χ3v) is 9.78. The van der Waals surface area contributed by atoms with Crippen LogP contribution in [0.15, 0.2) is 48.8 Å². The van der Waals surface area contributed by atoms with E-state index in [-0.39, 0.29) is 18.0 Å². The summed E-state index contributed by atoms with van der Waals surface area (Å²) >= 11 is 14.1. The van der Waals surface area contributed by atoms with Crippen molar-refractivity contribution in [3.05, 3.63) is 70.2 Å². The average Bonchev–Trinajstić information content (AvgIpc) is 3.87. The number of benzene rings is 2. The minimum absolute atomic E-state index is 0.126. The van der Waals surface area contributed by atoms with Gasteiger partial charge in [0, 0.05) is 54.4 Å². The Morgan fingerprint density at radius 2 is 1.44 bits per heavy atom. The number of methoxy groups -OCH3 is 3. The molecule has 0 spiro atoms. The molecule has 6 rings (SSSR count). The Labute approximate surface area is 291 Å². The quantitative estimate of drug-likeness (QED) is 0.140. The van der Waals surface area contributed by atoms with Crippen molar-refractivity contribution in [1.82, 2.24) is 30.6 Å². The largest absolute Gasteiger partial charge is 0.480 e. The highest BCUT2D eigenvalue weighted by Gasteiger charge is 2.31. The predicted molar refractivity (Wildman–Crippen MR) is 186 cm³/mol. The smallest absolute Gasteiger partial charge is 0.237 e. The molecular weight excluding hydrogens is 651 g/mol.